The summed E-state index contributed by atoms with van der Waals surface area (Å²) in [7, 11) is 0. The minimum absolute atomic E-state index is 0.270. The second-order valence-corrected chi connectivity index (χ2v) is 6.68. The van der Waals surface area contributed by atoms with E-state index < -0.39 is 0 Å². The van der Waals surface area contributed by atoms with Crippen LogP contribution in [0.2, 0.25) is 0 Å². The number of fused-ring (bicyclic) bond motifs is 1. The van der Waals surface area contributed by atoms with Crippen LogP contribution in [0.1, 0.15) is 24.6 Å². The lowest BCUT2D eigenvalue weighted by molar-refractivity contribution is 0.429. The van der Waals surface area contributed by atoms with Crippen LogP contribution in [0.25, 0.3) is 0 Å². The Morgan fingerprint density at radius 1 is 1.56 bits per heavy atom. The molecule has 0 radical (unpaired) electrons. The monoisotopic (exact) mass is 326 g/mol. The van der Waals surface area contributed by atoms with Crippen LogP contribution < -0.4 is 5.73 Å². The maximum atomic E-state index is 6.10. The van der Waals surface area contributed by atoms with Gasteiger partial charge in [0.15, 0.2) is 5.96 Å². The fourth-order valence-corrected chi connectivity index (χ4v) is 3.98. The third kappa shape index (κ3) is 1.97. The highest BCUT2D eigenvalue weighted by atomic mass is 79.9. The van der Waals surface area contributed by atoms with Crippen molar-refractivity contribution in [3.63, 3.8) is 0 Å². The summed E-state index contributed by atoms with van der Waals surface area (Å²) in [5.74, 6) is 1.69. The summed E-state index contributed by atoms with van der Waals surface area (Å²) in [5, 5.41) is 2.08. The molecule has 2 aliphatic heterocycles. The van der Waals surface area contributed by atoms with E-state index >= 15 is 0 Å². The van der Waals surface area contributed by atoms with Gasteiger partial charge in [0, 0.05) is 34.2 Å². The van der Waals surface area contributed by atoms with Crippen LogP contribution in [-0.4, -0.2) is 29.8 Å². The highest BCUT2D eigenvalue weighted by Crippen LogP contribution is 2.38. The normalized spacial score (nSPS) is 27.6. The molecule has 0 saturated carbocycles. The highest BCUT2D eigenvalue weighted by molar-refractivity contribution is 9.10. The third-order valence-electron chi connectivity index (χ3n) is 3.38. The van der Waals surface area contributed by atoms with Crippen molar-refractivity contribution in [3.05, 3.63) is 20.8 Å². The number of aliphatic imine (C=N–C) groups is 2. The average molecular weight is 327 g/mol. The molecule has 6 heteroatoms. The zero-order chi connectivity index (χ0) is 12.8. The van der Waals surface area contributed by atoms with E-state index in [9.17, 15) is 0 Å². The molecule has 3 heterocycles. The molecule has 1 atom stereocenters. The van der Waals surface area contributed by atoms with Crippen molar-refractivity contribution in [3.8, 4) is 0 Å². The first kappa shape index (κ1) is 12.2. The Morgan fingerprint density at radius 2 is 2.39 bits per heavy atom. The molecule has 0 aliphatic carbocycles. The summed E-state index contributed by atoms with van der Waals surface area (Å²) in [4.78, 5) is 12.6. The number of guanidine groups is 1. The van der Waals surface area contributed by atoms with Crippen molar-refractivity contribution in [2.24, 2.45) is 15.7 Å². The highest BCUT2D eigenvalue weighted by Gasteiger charge is 2.37. The summed E-state index contributed by atoms with van der Waals surface area (Å²) in [5.41, 5.74) is 5.83. The quantitative estimate of drug-likeness (QED) is 0.862. The predicted octanol–water partition coefficient (Wildman–Crippen LogP) is 2.55. The van der Waals surface area contributed by atoms with E-state index in [2.05, 4.69) is 39.3 Å². The molecule has 1 aromatic heterocycles. The van der Waals surface area contributed by atoms with E-state index in [0.29, 0.717) is 5.96 Å². The summed E-state index contributed by atoms with van der Waals surface area (Å²) in [6.45, 7) is 3.98. The molecule has 0 aromatic carbocycles. The van der Waals surface area contributed by atoms with E-state index in [1.165, 1.54) is 4.88 Å². The van der Waals surface area contributed by atoms with Gasteiger partial charge in [-0.15, -0.1) is 11.3 Å². The molecule has 2 aliphatic rings. The van der Waals surface area contributed by atoms with Crippen molar-refractivity contribution in [2.75, 3.05) is 13.1 Å². The molecule has 18 heavy (non-hydrogen) atoms. The fourth-order valence-electron chi connectivity index (χ4n) is 2.45. The van der Waals surface area contributed by atoms with Crippen LogP contribution in [0.3, 0.4) is 0 Å². The topological polar surface area (TPSA) is 54.0 Å². The number of thiophene rings is 1. The van der Waals surface area contributed by atoms with Crippen molar-refractivity contribution < 1.29 is 0 Å². The van der Waals surface area contributed by atoms with Gasteiger partial charge in [-0.3, -0.25) is 4.99 Å². The maximum Gasteiger partial charge on any atom is 0.197 e. The number of rotatable bonds is 1. The fraction of sp³-hybridized carbons (Fsp3) is 0.500. The summed E-state index contributed by atoms with van der Waals surface area (Å²) in [6.07, 6.45) is 1.89. The molecular formula is C12H15BrN4S. The molecule has 96 valence electrons. The smallest absolute Gasteiger partial charge is 0.197 e. The van der Waals surface area contributed by atoms with Gasteiger partial charge in [-0.2, -0.15) is 0 Å². The Kier molecular flexibility index (Phi) is 2.94. The Bertz CT molecular complexity index is 536. The van der Waals surface area contributed by atoms with Crippen LogP contribution in [-0.2, 0) is 5.54 Å². The second kappa shape index (κ2) is 4.35. The first-order valence-corrected chi connectivity index (χ1v) is 7.66. The summed E-state index contributed by atoms with van der Waals surface area (Å²) < 4.78 is 1.10. The molecule has 3 rings (SSSR count). The van der Waals surface area contributed by atoms with Gasteiger partial charge in [0.05, 0.1) is 0 Å². The number of hydrogen-bond donors (Lipinski definition) is 1. The average Bonchev–Trinajstić information content (AvgIpc) is 2.76. The van der Waals surface area contributed by atoms with Crippen molar-refractivity contribution >= 4 is 39.1 Å². The molecule has 0 bridgehead atoms. The summed E-state index contributed by atoms with van der Waals surface area (Å²) >= 11 is 5.21. The minimum atomic E-state index is -0.270. The van der Waals surface area contributed by atoms with Crippen molar-refractivity contribution in [2.45, 2.75) is 25.3 Å². The molecule has 4 nitrogen and oxygen atoms in total. The Morgan fingerprint density at radius 3 is 3.11 bits per heavy atom. The van der Waals surface area contributed by atoms with Crippen LogP contribution in [0.5, 0.6) is 0 Å². The molecule has 1 aromatic rings. The minimum Gasteiger partial charge on any atom is -0.369 e. The molecule has 0 spiro atoms. The predicted molar refractivity (Wildman–Crippen MR) is 79.2 cm³/mol. The zero-order valence-electron chi connectivity index (χ0n) is 10.2. The van der Waals surface area contributed by atoms with E-state index in [4.69, 9.17) is 10.7 Å². The second-order valence-electron chi connectivity index (χ2n) is 4.85. The molecule has 0 amide bonds. The Balaban J connectivity index is 2.02. The van der Waals surface area contributed by atoms with E-state index in [1.54, 1.807) is 11.3 Å². The molecule has 0 unspecified atom stereocenters. The van der Waals surface area contributed by atoms with Crippen LogP contribution in [0.4, 0.5) is 0 Å². The molecular weight excluding hydrogens is 312 g/mol. The largest absolute Gasteiger partial charge is 0.369 e. The lowest BCUT2D eigenvalue weighted by Crippen LogP contribution is -2.51. The lowest BCUT2D eigenvalue weighted by atomic mass is 9.93. The third-order valence-corrected chi connectivity index (χ3v) is 5.33. The van der Waals surface area contributed by atoms with Gasteiger partial charge < -0.3 is 10.6 Å². The van der Waals surface area contributed by atoms with E-state index in [-0.39, 0.29) is 5.54 Å². The van der Waals surface area contributed by atoms with E-state index in [0.717, 1.165) is 36.2 Å². The van der Waals surface area contributed by atoms with Crippen LogP contribution >= 0.6 is 27.3 Å². The Hall–Kier alpha value is -0.880. The van der Waals surface area contributed by atoms with Gasteiger partial charge in [-0.1, -0.05) is 0 Å². The summed E-state index contributed by atoms with van der Waals surface area (Å²) in [6, 6.07) is 2.13. The number of nitrogens with two attached hydrogens (primary N) is 1. The number of halogens is 1. The van der Waals surface area contributed by atoms with Gasteiger partial charge in [-0.05, 0) is 35.3 Å². The maximum absolute atomic E-state index is 6.10. The Labute approximate surface area is 119 Å². The molecule has 0 saturated heterocycles. The van der Waals surface area contributed by atoms with Crippen molar-refractivity contribution in [1.29, 1.82) is 0 Å². The van der Waals surface area contributed by atoms with E-state index in [1.807, 2.05) is 4.90 Å². The van der Waals surface area contributed by atoms with Gasteiger partial charge in [0.25, 0.3) is 0 Å². The standard InChI is InChI=1S/C12H15BrN4S/c1-12(9-5-8(13)7-18-9)6-10-15-3-2-4-17(10)11(14)16-12/h5,7H,2-4,6H2,1H3,(H2,14,16)/t12-/m0/s1. The van der Waals surface area contributed by atoms with Crippen LogP contribution in [0, 0.1) is 0 Å². The zero-order valence-corrected chi connectivity index (χ0v) is 12.6. The molecule has 0 fully saturated rings. The first-order valence-electron chi connectivity index (χ1n) is 5.99. The van der Waals surface area contributed by atoms with Crippen molar-refractivity contribution in [1.82, 2.24) is 4.90 Å². The first-order chi connectivity index (χ1) is 8.58. The van der Waals surface area contributed by atoms with Gasteiger partial charge in [-0.25, -0.2) is 4.99 Å². The number of hydrogen-bond acceptors (Lipinski definition) is 5. The number of amidine groups is 1. The van der Waals surface area contributed by atoms with Gasteiger partial charge in [0.2, 0.25) is 0 Å². The number of nitrogens with zero attached hydrogens (tertiary/aromatic N) is 3. The van der Waals surface area contributed by atoms with Gasteiger partial charge >= 0.3 is 0 Å². The molecule has 2 N–H and O–H groups in total. The van der Waals surface area contributed by atoms with Gasteiger partial charge in [0.1, 0.15) is 11.4 Å². The van der Waals surface area contributed by atoms with Crippen LogP contribution in [0.15, 0.2) is 25.9 Å². The lowest BCUT2D eigenvalue weighted by Gasteiger charge is -2.38. The SMILES string of the molecule is C[C@@]1(c2cc(Br)cs2)CC2=NCCCN2C(N)=N1.